The van der Waals surface area contributed by atoms with Crippen molar-refractivity contribution in [3.05, 3.63) is 35.2 Å². The highest BCUT2D eigenvalue weighted by Crippen LogP contribution is 2.27. The summed E-state index contributed by atoms with van der Waals surface area (Å²) in [6.07, 6.45) is 0.743. The largest absolute Gasteiger partial charge is 0.387 e. The minimum atomic E-state index is -0.739. The number of fused-ring (bicyclic) bond motifs is 1. The number of carbonyl (C=O) groups excluding carboxylic acids is 1. The lowest BCUT2D eigenvalue weighted by Gasteiger charge is -2.21. The van der Waals surface area contributed by atoms with Gasteiger partial charge in [0.2, 0.25) is 0 Å². The van der Waals surface area contributed by atoms with Crippen molar-refractivity contribution in [1.82, 2.24) is 10.6 Å². The maximum Gasteiger partial charge on any atom is 0.315 e. The van der Waals surface area contributed by atoms with Crippen molar-refractivity contribution in [3.63, 3.8) is 0 Å². The summed E-state index contributed by atoms with van der Waals surface area (Å²) in [5.74, 6) is 1.66. The Bertz CT molecular complexity index is 635. The molecule has 1 aromatic carbocycles. The van der Waals surface area contributed by atoms with E-state index in [2.05, 4.69) is 28.1 Å². The first-order valence-corrected chi connectivity index (χ1v) is 8.97. The Morgan fingerprint density at radius 3 is 3.00 bits per heavy atom. The van der Waals surface area contributed by atoms with Crippen molar-refractivity contribution < 1.29 is 9.90 Å². The summed E-state index contributed by atoms with van der Waals surface area (Å²) >= 11 is 3.41. The number of amides is 2. The number of thioether (sulfide) groups is 1. The van der Waals surface area contributed by atoms with Crippen LogP contribution in [0.2, 0.25) is 0 Å². The van der Waals surface area contributed by atoms with E-state index in [1.807, 2.05) is 12.1 Å². The van der Waals surface area contributed by atoms with Crippen LogP contribution >= 0.6 is 23.1 Å². The van der Waals surface area contributed by atoms with Crippen LogP contribution in [-0.2, 0) is 6.54 Å². The average molecular weight is 322 g/mol. The van der Waals surface area contributed by atoms with E-state index in [0.29, 0.717) is 18.8 Å². The molecule has 0 spiro atoms. The van der Waals surface area contributed by atoms with Crippen LogP contribution in [-0.4, -0.2) is 34.8 Å². The van der Waals surface area contributed by atoms with E-state index in [1.165, 1.54) is 10.1 Å². The highest BCUT2D eigenvalue weighted by atomic mass is 32.2. The van der Waals surface area contributed by atoms with Crippen molar-refractivity contribution >= 4 is 39.2 Å². The number of urea groups is 1. The zero-order valence-electron chi connectivity index (χ0n) is 11.6. The van der Waals surface area contributed by atoms with Gasteiger partial charge >= 0.3 is 6.03 Å². The van der Waals surface area contributed by atoms with Crippen molar-refractivity contribution in [3.8, 4) is 0 Å². The fraction of sp³-hybridized carbons (Fsp3) is 0.400. The predicted molar refractivity (Wildman–Crippen MR) is 89.0 cm³/mol. The Hall–Kier alpha value is -1.24. The van der Waals surface area contributed by atoms with Crippen LogP contribution in [0.1, 0.15) is 12.0 Å². The predicted octanol–water partition coefficient (Wildman–Crippen LogP) is 2.57. The first-order valence-electron chi connectivity index (χ1n) is 6.93. The third-order valence-electron chi connectivity index (χ3n) is 3.66. The summed E-state index contributed by atoms with van der Waals surface area (Å²) in [7, 11) is 0. The number of hydrogen-bond acceptors (Lipinski definition) is 4. The summed E-state index contributed by atoms with van der Waals surface area (Å²) in [6.45, 7) is 0.819. The van der Waals surface area contributed by atoms with Crippen LogP contribution in [0.4, 0.5) is 4.79 Å². The van der Waals surface area contributed by atoms with Gasteiger partial charge in [-0.3, -0.25) is 0 Å². The van der Waals surface area contributed by atoms with Gasteiger partial charge in [0, 0.05) is 23.5 Å². The molecular weight excluding hydrogens is 304 g/mol. The summed E-state index contributed by atoms with van der Waals surface area (Å²) in [4.78, 5) is 11.8. The summed E-state index contributed by atoms with van der Waals surface area (Å²) < 4.78 is 1.23. The lowest BCUT2D eigenvalue weighted by Crippen LogP contribution is -2.46. The van der Waals surface area contributed by atoms with E-state index in [9.17, 15) is 9.90 Å². The number of aliphatic hydroxyl groups is 1. The fourth-order valence-electron chi connectivity index (χ4n) is 2.39. The second-order valence-corrected chi connectivity index (χ2v) is 7.34. The molecule has 1 aromatic heterocycles. The van der Waals surface area contributed by atoms with E-state index < -0.39 is 5.60 Å². The van der Waals surface area contributed by atoms with Crippen LogP contribution < -0.4 is 10.6 Å². The minimum absolute atomic E-state index is 0.226. The smallest absolute Gasteiger partial charge is 0.315 e. The molecule has 1 atom stereocenters. The molecule has 3 N–H and O–H groups in total. The maximum absolute atomic E-state index is 11.8. The second kappa shape index (κ2) is 6.25. The van der Waals surface area contributed by atoms with Crippen molar-refractivity contribution in [2.24, 2.45) is 0 Å². The Balaban J connectivity index is 1.51. The lowest BCUT2D eigenvalue weighted by molar-refractivity contribution is 0.0700. The number of thiophene rings is 1. The second-order valence-electron chi connectivity index (χ2n) is 5.32. The molecule has 21 heavy (non-hydrogen) atoms. The van der Waals surface area contributed by atoms with E-state index in [-0.39, 0.29) is 6.03 Å². The summed E-state index contributed by atoms with van der Waals surface area (Å²) in [5, 5.41) is 19.1. The zero-order valence-corrected chi connectivity index (χ0v) is 13.2. The van der Waals surface area contributed by atoms with E-state index in [0.717, 1.165) is 17.7 Å². The van der Waals surface area contributed by atoms with Crippen LogP contribution in [0, 0.1) is 0 Å². The fourth-order valence-corrected chi connectivity index (χ4v) is 4.65. The SMILES string of the molecule is O=C(NCc1csc2ccccc12)NC[C@@]1(O)CCSC1. The molecule has 0 radical (unpaired) electrons. The van der Waals surface area contributed by atoms with E-state index in [4.69, 9.17) is 0 Å². The normalized spacial score (nSPS) is 21.6. The number of rotatable bonds is 4. The molecule has 2 amide bonds. The monoisotopic (exact) mass is 322 g/mol. The molecule has 6 heteroatoms. The molecule has 3 rings (SSSR count). The Morgan fingerprint density at radius 2 is 2.19 bits per heavy atom. The zero-order chi connectivity index (χ0) is 14.7. The molecule has 0 saturated carbocycles. The molecule has 1 aliphatic heterocycles. The molecule has 2 heterocycles. The Labute approximate surface area is 131 Å². The van der Waals surface area contributed by atoms with Crippen LogP contribution in [0.15, 0.2) is 29.6 Å². The average Bonchev–Trinajstić information content (AvgIpc) is 3.10. The number of carbonyl (C=O) groups is 1. The number of hydrogen-bond donors (Lipinski definition) is 3. The maximum atomic E-state index is 11.8. The van der Waals surface area contributed by atoms with Crippen molar-refractivity contribution in [2.75, 3.05) is 18.1 Å². The lowest BCUT2D eigenvalue weighted by atomic mass is 10.0. The molecule has 0 bridgehead atoms. The first-order chi connectivity index (χ1) is 10.2. The summed E-state index contributed by atoms with van der Waals surface area (Å²) in [6, 6.07) is 7.95. The van der Waals surface area contributed by atoms with Gasteiger partial charge in [0.15, 0.2) is 0 Å². The third-order valence-corrected chi connectivity index (χ3v) is 5.91. The van der Waals surface area contributed by atoms with Gasteiger partial charge in [0.25, 0.3) is 0 Å². The van der Waals surface area contributed by atoms with Gasteiger partial charge < -0.3 is 15.7 Å². The van der Waals surface area contributed by atoms with Crippen molar-refractivity contribution in [1.29, 1.82) is 0 Å². The molecule has 0 unspecified atom stereocenters. The van der Waals surface area contributed by atoms with Gasteiger partial charge in [-0.2, -0.15) is 11.8 Å². The molecular formula is C15H18N2O2S2. The first kappa shape index (κ1) is 14.7. The highest BCUT2D eigenvalue weighted by Gasteiger charge is 2.31. The standard InChI is InChI=1S/C15H18N2O2S2/c18-14(17-9-15(19)5-6-20-10-15)16-7-11-8-21-13-4-2-1-3-12(11)13/h1-4,8,19H,5-7,9-10H2,(H2,16,17,18)/t15-/m0/s1. The highest BCUT2D eigenvalue weighted by molar-refractivity contribution is 7.99. The van der Waals surface area contributed by atoms with Gasteiger partial charge in [-0.25, -0.2) is 4.79 Å². The van der Waals surface area contributed by atoms with Gasteiger partial charge in [0.05, 0.1) is 5.60 Å². The summed E-state index contributed by atoms with van der Waals surface area (Å²) in [5.41, 5.74) is 0.387. The number of benzene rings is 1. The quantitative estimate of drug-likeness (QED) is 0.811. The van der Waals surface area contributed by atoms with Gasteiger partial charge in [-0.05, 0) is 34.6 Å². The van der Waals surface area contributed by atoms with E-state index >= 15 is 0 Å². The number of nitrogens with one attached hydrogen (secondary N) is 2. The van der Waals surface area contributed by atoms with Crippen LogP contribution in [0.5, 0.6) is 0 Å². The van der Waals surface area contributed by atoms with Gasteiger partial charge in [-0.15, -0.1) is 11.3 Å². The van der Waals surface area contributed by atoms with Crippen molar-refractivity contribution in [2.45, 2.75) is 18.6 Å². The minimum Gasteiger partial charge on any atom is -0.387 e. The molecule has 0 aliphatic carbocycles. The molecule has 2 aromatic rings. The molecule has 112 valence electrons. The van der Waals surface area contributed by atoms with Gasteiger partial charge in [0.1, 0.15) is 0 Å². The van der Waals surface area contributed by atoms with E-state index in [1.54, 1.807) is 23.1 Å². The molecule has 1 fully saturated rings. The van der Waals surface area contributed by atoms with Crippen LogP contribution in [0.3, 0.4) is 0 Å². The van der Waals surface area contributed by atoms with Gasteiger partial charge in [-0.1, -0.05) is 18.2 Å². The molecule has 4 nitrogen and oxygen atoms in total. The Kier molecular flexibility index (Phi) is 4.37. The molecule has 1 aliphatic rings. The van der Waals surface area contributed by atoms with Crippen LogP contribution in [0.25, 0.3) is 10.1 Å². The Morgan fingerprint density at radius 1 is 1.33 bits per heavy atom. The third kappa shape index (κ3) is 3.51. The topological polar surface area (TPSA) is 61.4 Å². The molecule has 1 saturated heterocycles.